The Morgan fingerprint density at radius 1 is 1.64 bits per heavy atom. The minimum Gasteiger partial charge on any atom is -0.465 e. The van der Waals surface area contributed by atoms with Gasteiger partial charge in [0.15, 0.2) is 0 Å². The molecular formula is C7H14NO5P. The molecule has 82 valence electrons. The summed E-state index contributed by atoms with van der Waals surface area (Å²) in [5, 5.41) is 0. The lowest BCUT2D eigenvalue weighted by molar-refractivity contribution is -0.144. The summed E-state index contributed by atoms with van der Waals surface area (Å²) < 4.78 is 15.0. The zero-order valence-corrected chi connectivity index (χ0v) is 8.68. The lowest BCUT2D eigenvalue weighted by atomic mass is 10.2. The summed E-state index contributed by atoms with van der Waals surface area (Å²) in [5.41, 5.74) is 5.35. The Kier molecular flexibility index (Phi) is 5.64. The van der Waals surface area contributed by atoms with Gasteiger partial charge in [-0.3, -0.25) is 9.36 Å². The highest BCUT2D eigenvalue weighted by Gasteiger charge is 2.13. The number of carbonyl (C=O) groups excluding carboxylic acids is 1. The van der Waals surface area contributed by atoms with Crippen LogP contribution in [0.3, 0.4) is 0 Å². The molecule has 0 heterocycles. The molecule has 0 aromatic carbocycles. The number of hydrogen-bond donors (Lipinski definition) is 3. The molecule has 1 unspecified atom stereocenters. The normalized spacial score (nSPS) is 14.3. The molecule has 0 aliphatic rings. The van der Waals surface area contributed by atoms with Crippen molar-refractivity contribution in [2.24, 2.45) is 5.73 Å². The van der Waals surface area contributed by atoms with Crippen molar-refractivity contribution in [2.75, 3.05) is 6.61 Å². The van der Waals surface area contributed by atoms with E-state index < -0.39 is 19.6 Å². The monoisotopic (exact) mass is 223 g/mol. The highest BCUT2D eigenvalue weighted by atomic mass is 31.2. The molecule has 6 nitrogen and oxygen atoms in total. The lowest BCUT2D eigenvalue weighted by Gasteiger charge is -2.07. The summed E-state index contributed by atoms with van der Waals surface area (Å²) in [7, 11) is -4.16. The van der Waals surface area contributed by atoms with Gasteiger partial charge >= 0.3 is 13.6 Å². The Balaban J connectivity index is 3.96. The van der Waals surface area contributed by atoms with Crippen molar-refractivity contribution in [1.82, 2.24) is 0 Å². The van der Waals surface area contributed by atoms with Crippen molar-refractivity contribution in [3.63, 3.8) is 0 Å². The molecular weight excluding hydrogens is 209 g/mol. The van der Waals surface area contributed by atoms with Crippen LogP contribution in [0, 0.1) is 0 Å². The van der Waals surface area contributed by atoms with Crippen LogP contribution in [0.1, 0.15) is 13.3 Å². The van der Waals surface area contributed by atoms with Gasteiger partial charge in [-0.1, -0.05) is 6.08 Å². The maximum Gasteiger partial charge on any atom is 0.348 e. The van der Waals surface area contributed by atoms with E-state index in [2.05, 4.69) is 4.74 Å². The van der Waals surface area contributed by atoms with Crippen molar-refractivity contribution in [3.8, 4) is 0 Å². The van der Waals surface area contributed by atoms with E-state index in [9.17, 15) is 9.36 Å². The van der Waals surface area contributed by atoms with Crippen LogP contribution < -0.4 is 5.73 Å². The Labute approximate surface area is 81.9 Å². The Bertz CT molecular complexity index is 259. The van der Waals surface area contributed by atoms with Crippen LogP contribution >= 0.6 is 7.60 Å². The van der Waals surface area contributed by atoms with Gasteiger partial charge in [0, 0.05) is 5.82 Å². The first kappa shape index (κ1) is 13.3. The molecule has 0 rings (SSSR count). The van der Waals surface area contributed by atoms with E-state index >= 15 is 0 Å². The van der Waals surface area contributed by atoms with Crippen LogP contribution in [-0.4, -0.2) is 28.4 Å². The van der Waals surface area contributed by atoms with Crippen molar-refractivity contribution >= 4 is 13.6 Å². The van der Waals surface area contributed by atoms with Crippen molar-refractivity contribution in [3.05, 3.63) is 11.9 Å². The quantitative estimate of drug-likeness (QED) is 0.445. The van der Waals surface area contributed by atoms with Gasteiger partial charge in [0.05, 0.1) is 6.61 Å². The van der Waals surface area contributed by atoms with Crippen LogP contribution in [-0.2, 0) is 14.1 Å². The largest absolute Gasteiger partial charge is 0.465 e. The number of esters is 1. The fourth-order valence-corrected chi connectivity index (χ4v) is 1.09. The third-order valence-electron chi connectivity index (χ3n) is 1.28. The fraction of sp³-hybridized carbons (Fsp3) is 0.571. The first-order valence-corrected chi connectivity index (χ1v) is 5.70. The third-order valence-corrected chi connectivity index (χ3v) is 1.88. The predicted octanol–water partition coefficient (Wildman–Crippen LogP) is -0.0417. The number of ether oxygens (including phenoxy) is 1. The van der Waals surface area contributed by atoms with Gasteiger partial charge in [-0.2, -0.15) is 0 Å². The van der Waals surface area contributed by atoms with E-state index in [1.165, 1.54) is 6.08 Å². The van der Waals surface area contributed by atoms with E-state index in [1.54, 1.807) is 6.92 Å². The topological polar surface area (TPSA) is 110 Å². The highest BCUT2D eigenvalue weighted by Crippen LogP contribution is 2.35. The van der Waals surface area contributed by atoms with Crippen LogP contribution in [0.4, 0.5) is 0 Å². The van der Waals surface area contributed by atoms with Gasteiger partial charge in [0.1, 0.15) is 6.04 Å². The minimum absolute atomic E-state index is 0.0456. The van der Waals surface area contributed by atoms with Crippen molar-refractivity contribution < 1.29 is 23.9 Å². The summed E-state index contributed by atoms with van der Waals surface area (Å²) in [6.45, 7) is 1.88. The molecule has 0 aromatic rings. The molecule has 4 N–H and O–H groups in total. The minimum atomic E-state index is -4.16. The lowest BCUT2D eigenvalue weighted by Crippen LogP contribution is -2.31. The molecule has 0 saturated heterocycles. The van der Waals surface area contributed by atoms with Crippen LogP contribution in [0.25, 0.3) is 0 Å². The Morgan fingerprint density at radius 3 is 2.64 bits per heavy atom. The number of carbonyl (C=O) groups is 1. The Morgan fingerprint density at radius 2 is 2.21 bits per heavy atom. The second-order valence-electron chi connectivity index (χ2n) is 2.57. The van der Waals surface area contributed by atoms with Gasteiger partial charge in [-0.15, -0.1) is 0 Å². The standard InChI is InChI=1S/C7H14NO5P/c1-2-13-7(9)6(8)4-3-5-14(10,11)12/h3,5-6H,2,4,8H2,1H3,(H2,10,11,12)/b5-3+. The average molecular weight is 223 g/mol. The van der Waals surface area contributed by atoms with E-state index in [0.29, 0.717) is 5.82 Å². The van der Waals surface area contributed by atoms with Gasteiger partial charge in [-0.25, -0.2) is 0 Å². The zero-order chi connectivity index (χ0) is 11.2. The van der Waals surface area contributed by atoms with Gasteiger partial charge in [0.2, 0.25) is 0 Å². The summed E-state index contributed by atoms with van der Waals surface area (Å²) in [4.78, 5) is 27.8. The molecule has 14 heavy (non-hydrogen) atoms. The first-order chi connectivity index (χ1) is 6.37. The molecule has 0 radical (unpaired) electrons. The Hall–Kier alpha value is -0.680. The molecule has 0 aliphatic carbocycles. The fourth-order valence-electron chi connectivity index (χ4n) is 0.690. The summed E-state index contributed by atoms with van der Waals surface area (Å²) in [6.07, 6.45) is 1.21. The maximum atomic E-state index is 10.9. The van der Waals surface area contributed by atoms with E-state index in [4.69, 9.17) is 15.5 Å². The van der Waals surface area contributed by atoms with Gasteiger partial charge in [-0.05, 0) is 13.3 Å². The highest BCUT2D eigenvalue weighted by molar-refractivity contribution is 7.55. The third kappa shape index (κ3) is 6.80. The number of rotatable bonds is 5. The predicted molar refractivity (Wildman–Crippen MR) is 50.4 cm³/mol. The summed E-state index contributed by atoms with van der Waals surface area (Å²) >= 11 is 0. The second kappa shape index (κ2) is 5.93. The van der Waals surface area contributed by atoms with Crippen LogP contribution in [0.2, 0.25) is 0 Å². The maximum absolute atomic E-state index is 10.9. The molecule has 0 saturated carbocycles. The molecule has 0 amide bonds. The van der Waals surface area contributed by atoms with E-state index in [-0.39, 0.29) is 13.0 Å². The van der Waals surface area contributed by atoms with E-state index in [1.807, 2.05) is 0 Å². The molecule has 7 heteroatoms. The summed E-state index contributed by atoms with van der Waals surface area (Å²) in [5.74, 6) is 0.134. The second-order valence-corrected chi connectivity index (χ2v) is 4.04. The molecule has 0 spiro atoms. The van der Waals surface area contributed by atoms with Crippen molar-refractivity contribution in [1.29, 1.82) is 0 Å². The molecule has 0 fully saturated rings. The average Bonchev–Trinajstić information content (AvgIpc) is 2.02. The number of nitrogens with two attached hydrogens (primary N) is 1. The zero-order valence-electron chi connectivity index (χ0n) is 7.79. The van der Waals surface area contributed by atoms with Crippen LogP contribution in [0.15, 0.2) is 11.9 Å². The first-order valence-electron chi connectivity index (χ1n) is 4.02. The van der Waals surface area contributed by atoms with E-state index in [0.717, 1.165) is 0 Å². The van der Waals surface area contributed by atoms with Gasteiger partial charge < -0.3 is 20.3 Å². The molecule has 0 aromatic heterocycles. The van der Waals surface area contributed by atoms with Gasteiger partial charge in [0.25, 0.3) is 0 Å². The molecule has 0 aliphatic heterocycles. The van der Waals surface area contributed by atoms with Crippen LogP contribution in [0.5, 0.6) is 0 Å². The molecule has 1 atom stereocenters. The number of hydrogen-bond acceptors (Lipinski definition) is 4. The molecule has 0 bridgehead atoms. The SMILES string of the molecule is CCOC(=O)C(N)C/C=C/P(=O)(O)O. The summed E-state index contributed by atoms with van der Waals surface area (Å²) in [6, 6.07) is -0.877. The van der Waals surface area contributed by atoms with Crippen molar-refractivity contribution in [2.45, 2.75) is 19.4 Å². The smallest absolute Gasteiger partial charge is 0.348 e.